The maximum atomic E-state index is 12.0. The fourth-order valence-corrected chi connectivity index (χ4v) is 2.31. The number of para-hydroxylation sites is 1. The Balaban J connectivity index is 1.55. The van der Waals surface area contributed by atoms with E-state index in [1.807, 2.05) is 54.6 Å². The second-order valence-electron chi connectivity index (χ2n) is 5.54. The van der Waals surface area contributed by atoms with E-state index >= 15 is 0 Å². The zero-order valence-corrected chi connectivity index (χ0v) is 14.3. The van der Waals surface area contributed by atoms with Crippen LogP contribution in [0, 0.1) is 0 Å². The van der Waals surface area contributed by atoms with Gasteiger partial charge in [0.25, 0.3) is 5.91 Å². The first-order valence-corrected chi connectivity index (χ1v) is 8.14. The molecule has 2 N–H and O–H groups in total. The molecule has 26 heavy (non-hydrogen) atoms. The predicted molar refractivity (Wildman–Crippen MR) is 104 cm³/mol. The lowest BCUT2D eigenvalue weighted by molar-refractivity contribution is 0.0955. The minimum absolute atomic E-state index is 0.272. The number of methoxy groups -OCH3 is 1. The van der Waals surface area contributed by atoms with E-state index in [2.05, 4.69) is 15.8 Å². The summed E-state index contributed by atoms with van der Waals surface area (Å²) < 4.78 is 5.07. The molecule has 5 nitrogen and oxygen atoms in total. The number of rotatable bonds is 6. The molecule has 0 aliphatic rings. The number of benzene rings is 3. The van der Waals surface area contributed by atoms with Gasteiger partial charge < -0.3 is 10.1 Å². The molecule has 0 saturated heterocycles. The highest BCUT2D eigenvalue weighted by molar-refractivity contribution is 5.95. The van der Waals surface area contributed by atoms with E-state index in [0.717, 1.165) is 16.9 Å². The van der Waals surface area contributed by atoms with Gasteiger partial charge in [-0.1, -0.05) is 30.3 Å². The summed E-state index contributed by atoms with van der Waals surface area (Å²) in [6.45, 7) is 0. The molecule has 0 aliphatic carbocycles. The van der Waals surface area contributed by atoms with Crippen LogP contribution in [0.15, 0.2) is 84.0 Å². The highest BCUT2D eigenvalue weighted by atomic mass is 16.5. The molecule has 3 aromatic rings. The Hall–Kier alpha value is -3.60. The number of ether oxygens (including phenoxy) is 1. The molecular formula is C21H19N3O2. The van der Waals surface area contributed by atoms with Crippen molar-refractivity contribution in [3.63, 3.8) is 0 Å². The van der Waals surface area contributed by atoms with Gasteiger partial charge in [0.15, 0.2) is 0 Å². The zero-order chi connectivity index (χ0) is 18.2. The van der Waals surface area contributed by atoms with Crippen LogP contribution in [0.2, 0.25) is 0 Å². The number of amides is 1. The third kappa shape index (κ3) is 4.70. The Labute approximate surface area is 152 Å². The van der Waals surface area contributed by atoms with Crippen molar-refractivity contribution in [2.45, 2.75) is 0 Å². The number of hydrogen-bond donors (Lipinski definition) is 2. The Morgan fingerprint density at radius 3 is 2.19 bits per heavy atom. The first-order valence-electron chi connectivity index (χ1n) is 8.14. The predicted octanol–water partition coefficient (Wildman–Crippen LogP) is 4.20. The smallest absolute Gasteiger partial charge is 0.271 e. The van der Waals surface area contributed by atoms with Crippen LogP contribution in [0.1, 0.15) is 15.9 Å². The van der Waals surface area contributed by atoms with Crippen molar-refractivity contribution in [1.82, 2.24) is 5.43 Å². The standard InChI is InChI=1S/C21H19N3O2/c1-26-20-13-9-17(10-14-20)21(25)24-22-15-16-7-11-19(12-8-16)23-18-5-3-2-4-6-18/h2-15,23H,1H3,(H,24,25)/b22-15-. The molecule has 0 fully saturated rings. The number of carbonyl (C=O) groups excluding carboxylic acids is 1. The van der Waals surface area contributed by atoms with Crippen LogP contribution in [0.4, 0.5) is 11.4 Å². The SMILES string of the molecule is COc1ccc(C(=O)N/N=C\c2ccc(Nc3ccccc3)cc2)cc1. The summed E-state index contributed by atoms with van der Waals surface area (Å²) in [5.41, 5.74) is 5.93. The highest BCUT2D eigenvalue weighted by Gasteiger charge is 2.03. The molecule has 5 heteroatoms. The summed E-state index contributed by atoms with van der Waals surface area (Å²) in [5.74, 6) is 0.431. The fraction of sp³-hybridized carbons (Fsp3) is 0.0476. The van der Waals surface area contributed by atoms with Crippen molar-refractivity contribution in [1.29, 1.82) is 0 Å². The largest absolute Gasteiger partial charge is 0.497 e. The topological polar surface area (TPSA) is 62.7 Å². The van der Waals surface area contributed by atoms with Gasteiger partial charge in [0.2, 0.25) is 0 Å². The molecule has 3 aromatic carbocycles. The number of carbonyl (C=O) groups is 1. The van der Waals surface area contributed by atoms with E-state index < -0.39 is 0 Å². The summed E-state index contributed by atoms with van der Waals surface area (Å²) in [6, 6.07) is 24.6. The second kappa shape index (κ2) is 8.48. The van der Waals surface area contributed by atoms with Crippen LogP contribution in [0.3, 0.4) is 0 Å². The fourth-order valence-electron chi connectivity index (χ4n) is 2.31. The number of nitrogens with zero attached hydrogens (tertiary/aromatic N) is 1. The monoisotopic (exact) mass is 345 g/mol. The summed E-state index contributed by atoms with van der Waals surface area (Å²) >= 11 is 0. The molecule has 3 rings (SSSR count). The molecule has 0 aromatic heterocycles. The Morgan fingerprint density at radius 1 is 0.885 bits per heavy atom. The van der Waals surface area contributed by atoms with Crippen LogP contribution in [-0.4, -0.2) is 19.2 Å². The third-order valence-corrected chi connectivity index (χ3v) is 3.71. The first kappa shape index (κ1) is 17.2. The van der Waals surface area contributed by atoms with Gasteiger partial charge in [0.05, 0.1) is 13.3 Å². The molecule has 0 radical (unpaired) electrons. The molecule has 0 spiro atoms. The maximum Gasteiger partial charge on any atom is 0.271 e. The second-order valence-corrected chi connectivity index (χ2v) is 5.54. The summed E-state index contributed by atoms with van der Waals surface area (Å²) in [4.78, 5) is 12.0. The quantitative estimate of drug-likeness (QED) is 0.520. The Bertz CT molecular complexity index is 873. The van der Waals surface area contributed by atoms with E-state index in [4.69, 9.17) is 4.74 Å². The minimum Gasteiger partial charge on any atom is -0.497 e. The van der Waals surface area contributed by atoms with E-state index in [1.165, 1.54) is 0 Å². The van der Waals surface area contributed by atoms with Gasteiger partial charge in [-0.3, -0.25) is 4.79 Å². The number of anilines is 2. The van der Waals surface area contributed by atoms with Crippen molar-refractivity contribution >= 4 is 23.5 Å². The number of hydrazone groups is 1. The molecule has 0 saturated carbocycles. The van der Waals surface area contributed by atoms with E-state index in [1.54, 1.807) is 37.6 Å². The van der Waals surface area contributed by atoms with Crippen LogP contribution < -0.4 is 15.5 Å². The average Bonchev–Trinajstić information content (AvgIpc) is 2.70. The average molecular weight is 345 g/mol. The van der Waals surface area contributed by atoms with E-state index in [9.17, 15) is 4.79 Å². The van der Waals surface area contributed by atoms with E-state index in [-0.39, 0.29) is 5.91 Å². The minimum atomic E-state index is -0.272. The molecular weight excluding hydrogens is 326 g/mol. The van der Waals surface area contributed by atoms with Crippen molar-refractivity contribution in [3.05, 3.63) is 90.0 Å². The zero-order valence-electron chi connectivity index (χ0n) is 14.3. The lowest BCUT2D eigenvalue weighted by atomic mass is 10.2. The highest BCUT2D eigenvalue weighted by Crippen LogP contribution is 2.16. The van der Waals surface area contributed by atoms with Gasteiger partial charge >= 0.3 is 0 Å². The number of nitrogens with one attached hydrogen (secondary N) is 2. The van der Waals surface area contributed by atoms with Crippen molar-refractivity contribution in [3.8, 4) is 5.75 Å². The van der Waals surface area contributed by atoms with Gasteiger partial charge in [0, 0.05) is 16.9 Å². The summed E-state index contributed by atoms with van der Waals surface area (Å²) in [6.07, 6.45) is 1.60. The van der Waals surface area contributed by atoms with Crippen molar-refractivity contribution < 1.29 is 9.53 Å². The number of hydrogen-bond acceptors (Lipinski definition) is 4. The Morgan fingerprint density at radius 2 is 1.54 bits per heavy atom. The lowest BCUT2D eigenvalue weighted by Crippen LogP contribution is -2.17. The summed E-state index contributed by atoms with van der Waals surface area (Å²) in [5, 5.41) is 7.31. The molecule has 0 bridgehead atoms. The first-order chi connectivity index (χ1) is 12.7. The third-order valence-electron chi connectivity index (χ3n) is 3.71. The van der Waals surface area contributed by atoms with Crippen LogP contribution in [0.5, 0.6) is 5.75 Å². The molecule has 0 heterocycles. The van der Waals surface area contributed by atoms with Crippen molar-refractivity contribution in [2.24, 2.45) is 5.10 Å². The van der Waals surface area contributed by atoms with Gasteiger partial charge in [-0.25, -0.2) is 5.43 Å². The molecule has 0 aliphatic heterocycles. The lowest BCUT2D eigenvalue weighted by Gasteiger charge is -2.06. The normalized spacial score (nSPS) is 10.5. The molecule has 0 unspecified atom stereocenters. The van der Waals surface area contributed by atoms with Gasteiger partial charge in [-0.05, 0) is 54.1 Å². The molecule has 130 valence electrons. The van der Waals surface area contributed by atoms with Crippen LogP contribution in [-0.2, 0) is 0 Å². The van der Waals surface area contributed by atoms with Gasteiger partial charge in [-0.2, -0.15) is 5.10 Å². The molecule has 1 amide bonds. The van der Waals surface area contributed by atoms with Crippen LogP contribution >= 0.6 is 0 Å². The van der Waals surface area contributed by atoms with E-state index in [0.29, 0.717) is 11.3 Å². The maximum absolute atomic E-state index is 12.0. The van der Waals surface area contributed by atoms with Gasteiger partial charge in [-0.15, -0.1) is 0 Å². The van der Waals surface area contributed by atoms with Crippen molar-refractivity contribution in [2.75, 3.05) is 12.4 Å². The molecule has 0 atom stereocenters. The summed E-state index contributed by atoms with van der Waals surface area (Å²) in [7, 11) is 1.58. The van der Waals surface area contributed by atoms with Crippen LogP contribution in [0.25, 0.3) is 0 Å². The van der Waals surface area contributed by atoms with Gasteiger partial charge in [0.1, 0.15) is 5.75 Å². The Kier molecular flexibility index (Phi) is 5.62.